The Morgan fingerprint density at radius 3 is 2.43 bits per heavy atom. The zero-order valence-corrected chi connectivity index (χ0v) is 13.5. The van der Waals surface area contributed by atoms with Crippen LogP contribution >= 0.6 is 0 Å². The summed E-state index contributed by atoms with van der Waals surface area (Å²) in [6, 6.07) is 10.5. The van der Waals surface area contributed by atoms with Crippen molar-refractivity contribution in [1.82, 2.24) is 10.6 Å². The van der Waals surface area contributed by atoms with Crippen LogP contribution in [0.4, 0.5) is 0 Å². The summed E-state index contributed by atoms with van der Waals surface area (Å²) in [6.07, 6.45) is 2.83. The Morgan fingerprint density at radius 2 is 1.86 bits per heavy atom. The minimum absolute atomic E-state index is 0.197. The smallest absolute Gasteiger partial charge is 0.230 e. The van der Waals surface area contributed by atoms with Crippen molar-refractivity contribution < 1.29 is 4.79 Å². The van der Waals surface area contributed by atoms with E-state index in [9.17, 15) is 4.79 Å². The highest BCUT2D eigenvalue weighted by Gasteiger charge is 2.41. The first-order valence-corrected chi connectivity index (χ1v) is 8.17. The SMILES string of the molecule is CCC(C)C(C)NC(=O)C1(c2ccccc2)CCNCC1. The van der Waals surface area contributed by atoms with Gasteiger partial charge in [-0.1, -0.05) is 50.6 Å². The van der Waals surface area contributed by atoms with Crippen molar-refractivity contribution in [2.45, 2.75) is 51.5 Å². The van der Waals surface area contributed by atoms with Gasteiger partial charge < -0.3 is 10.6 Å². The molecule has 0 saturated carbocycles. The molecule has 0 aromatic heterocycles. The minimum atomic E-state index is -0.367. The molecule has 1 amide bonds. The quantitative estimate of drug-likeness (QED) is 0.875. The molecule has 1 aliphatic heterocycles. The molecule has 0 aliphatic carbocycles. The van der Waals surface area contributed by atoms with Crippen LogP contribution in [-0.2, 0) is 10.2 Å². The van der Waals surface area contributed by atoms with Crippen LogP contribution in [0.3, 0.4) is 0 Å². The number of hydrogen-bond donors (Lipinski definition) is 2. The number of benzene rings is 1. The van der Waals surface area contributed by atoms with Crippen molar-refractivity contribution in [3.63, 3.8) is 0 Å². The van der Waals surface area contributed by atoms with Crippen molar-refractivity contribution in [2.24, 2.45) is 5.92 Å². The third-order valence-corrected chi connectivity index (χ3v) is 5.07. The molecule has 3 heteroatoms. The lowest BCUT2D eigenvalue weighted by molar-refractivity contribution is -0.128. The zero-order valence-electron chi connectivity index (χ0n) is 13.5. The molecule has 2 unspecified atom stereocenters. The van der Waals surface area contributed by atoms with Gasteiger partial charge in [0.15, 0.2) is 0 Å². The van der Waals surface area contributed by atoms with Crippen molar-refractivity contribution in [2.75, 3.05) is 13.1 Å². The van der Waals surface area contributed by atoms with Gasteiger partial charge in [0.25, 0.3) is 0 Å². The van der Waals surface area contributed by atoms with E-state index in [0.29, 0.717) is 5.92 Å². The van der Waals surface area contributed by atoms with Crippen LogP contribution in [0.5, 0.6) is 0 Å². The molecule has 1 saturated heterocycles. The zero-order chi connectivity index (χ0) is 15.3. The first-order valence-electron chi connectivity index (χ1n) is 8.17. The van der Waals surface area contributed by atoms with Crippen LogP contribution < -0.4 is 10.6 Å². The molecule has 1 aromatic carbocycles. The monoisotopic (exact) mass is 288 g/mol. The summed E-state index contributed by atoms with van der Waals surface area (Å²) in [6.45, 7) is 8.29. The summed E-state index contributed by atoms with van der Waals surface area (Å²) < 4.78 is 0. The molecule has 1 heterocycles. The van der Waals surface area contributed by atoms with Gasteiger partial charge in [0, 0.05) is 6.04 Å². The van der Waals surface area contributed by atoms with Gasteiger partial charge in [0.05, 0.1) is 5.41 Å². The van der Waals surface area contributed by atoms with E-state index in [-0.39, 0.29) is 17.4 Å². The largest absolute Gasteiger partial charge is 0.353 e. The number of amides is 1. The predicted molar refractivity (Wildman–Crippen MR) is 87.3 cm³/mol. The molecule has 2 atom stereocenters. The molecule has 116 valence electrons. The molecule has 2 N–H and O–H groups in total. The molecular formula is C18H28N2O. The first kappa shape index (κ1) is 16.0. The lowest BCUT2D eigenvalue weighted by atomic mass is 9.72. The minimum Gasteiger partial charge on any atom is -0.353 e. The fourth-order valence-electron chi connectivity index (χ4n) is 3.10. The third-order valence-electron chi connectivity index (χ3n) is 5.07. The van der Waals surface area contributed by atoms with Gasteiger partial charge in [-0.15, -0.1) is 0 Å². The molecular weight excluding hydrogens is 260 g/mol. The van der Waals surface area contributed by atoms with Gasteiger partial charge in [-0.3, -0.25) is 4.79 Å². The number of hydrogen-bond acceptors (Lipinski definition) is 2. The molecule has 0 spiro atoms. The van der Waals surface area contributed by atoms with E-state index >= 15 is 0 Å². The molecule has 1 aliphatic rings. The Hall–Kier alpha value is -1.35. The highest BCUT2D eigenvalue weighted by Crippen LogP contribution is 2.34. The summed E-state index contributed by atoms with van der Waals surface area (Å²) in [7, 11) is 0. The second-order valence-electron chi connectivity index (χ2n) is 6.35. The molecule has 1 fully saturated rings. The highest BCUT2D eigenvalue weighted by atomic mass is 16.2. The average molecular weight is 288 g/mol. The highest BCUT2D eigenvalue weighted by molar-refractivity contribution is 5.88. The number of rotatable bonds is 5. The van der Waals surface area contributed by atoms with Crippen LogP contribution in [-0.4, -0.2) is 25.0 Å². The topological polar surface area (TPSA) is 41.1 Å². The number of nitrogens with one attached hydrogen (secondary N) is 2. The Kier molecular flexibility index (Phi) is 5.40. The van der Waals surface area contributed by atoms with E-state index in [1.807, 2.05) is 18.2 Å². The third kappa shape index (κ3) is 3.46. The maximum atomic E-state index is 13.0. The molecule has 0 bridgehead atoms. The summed E-state index contributed by atoms with van der Waals surface area (Å²) >= 11 is 0. The summed E-state index contributed by atoms with van der Waals surface area (Å²) in [5, 5.41) is 6.64. The van der Waals surface area contributed by atoms with E-state index < -0.39 is 0 Å². The second-order valence-corrected chi connectivity index (χ2v) is 6.35. The predicted octanol–water partition coefficient (Wildman–Crippen LogP) is 2.86. The van der Waals surface area contributed by atoms with E-state index in [0.717, 1.165) is 37.9 Å². The van der Waals surface area contributed by atoms with Crippen LogP contribution in [0.1, 0.15) is 45.6 Å². The Bertz CT molecular complexity index is 452. The molecule has 1 aromatic rings. The van der Waals surface area contributed by atoms with Crippen molar-refractivity contribution in [3.05, 3.63) is 35.9 Å². The second kappa shape index (κ2) is 7.08. The summed E-state index contributed by atoms with van der Waals surface area (Å²) in [4.78, 5) is 13.0. The van der Waals surface area contributed by atoms with Crippen LogP contribution in [0.25, 0.3) is 0 Å². The fraction of sp³-hybridized carbons (Fsp3) is 0.611. The average Bonchev–Trinajstić information content (AvgIpc) is 2.55. The number of piperidine rings is 1. The Morgan fingerprint density at radius 1 is 1.24 bits per heavy atom. The standard InChI is InChI=1S/C18H28N2O/c1-4-14(2)15(3)20-17(21)18(10-12-19-13-11-18)16-8-6-5-7-9-16/h5-9,14-15,19H,4,10-13H2,1-3H3,(H,20,21). The van der Waals surface area contributed by atoms with Gasteiger partial charge in [0.1, 0.15) is 0 Å². The van der Waals surface area contributed by atoms with Gasteiger partial charge in [0.2, 0.25) is 5.91 Å². The van der Waals surface area contributed by atoms with E-state index in [1.165, 1.54) is 0 Å². The van der Waals surface area contributed by atoms with Crippen molar-refractivity contribution >= 4 is 5.91 Å². The Labute approximate surface area is 128 Å². The van der Waals surface area contributed by atoms with E-state index in [4.69, 9.17) is 0 Å². The van der Waals surface area contributed by atoms with Crippen molar-refractivity contribution in [1.29, 1.82) is 0 Å². The van der Waals surface area contributed by atoms with E-state index in [1.54, 1.807) is 0 Å². The maximum Gasteiger partial charge on any atom is 0.230 e. The molecule has 3 nitrogen and oxygen atoms in total. The van der Waals surface area contributed by atoms with E-state index in [2.05, 4.69) is 43.5 Å². The van der Waals surface area contributed by atoms with Crippen LogP contribution in [0, 0.1) is 5.92 Å². The molecule has 2 rings (SSSR count). The summed E-state index contributed by atoms with van der Waals surface area (Å²) in [5.74, 6) is 0.700. The number of carbonyl (C=O) groups is 1. The lowest BCUT2D eigenvalue weighted by Gasteiger charge is -2.38. The Balaban J connectivity index is 2.22. The van der Waals surface area contributed by atoms with Gasteiger partial charge in [-0.25, -0.2) is 0 Å². The van der Waals surface area contributed by atoms with Gasteiger partial charge in [-0.05, 0) is 44.3 Å². The number of carbonyl (C=O) groups excluding carboxylic acids is 1. The fourth-order valence-corrected chi connectivity index (χ4v) is 3.10. The first-order chi connectivity index (χ1) is 10.1. The van der Waals surface area contributed by atoms with Crippen LogP contribution in [0.15, 0.2) is 30.3 Å². The molecule has 0 radical (unpaired) electrons. The molecule has 21 heavy (non-hydrogen) atoms. The van der Waals surface area contributed by atoms with Crippen molar-refractivity contribution in [3.8, 4) is 0 Å². The van der Waals surface area contributed by atoms with Gasteiger partial charge >= 0.3 is 0 Å². The normalized spacial score (nSPS) is 20.5. The lowest BCUT2D eigenvalue weighted by Crippen LogP contribution is -2.53. The maximum absolute atomic E-state index is 13.0. The summed E-state index contributed by atoms with van der Waals surface area (Å²) in [5.41, 5.74) is 0.786. The van der Waals surface area contributed by atoms with Crippen LogP contribution in [0.2, 0.25) is 0 Å². The van der Waals surface area contributed by atoms with Gasteiger partial charge in [-0.2, -0.15) is 0 Å².